The molecule has 1 aromatic rings. The van der Waals surface area contributed by atoms with E-state index in [2.05, 4.69) is 41.3 Å². The first-order chi connectivity index (χ1) is 11.4. The van der Waals surface area contributed by atoms with Crippen LogP contribution in [-0.4, -0.2) is 43.1 Å². The summed E-state index contributed by atoms with van der Waals surface area (Å²) in [6.45, 7) is 10.1. The summed E-state index contributed by atoms with van der Waals surface area (Å²) in [5, 5.41) is 6.81. The van der Waals surface area contributed by atoms with E-state index in [1.54, 1.807) is 19.2 Å². The second-order valence-corrected chi connectivity index (χ2v) is 7.64. The lowest BCUT2D eigenvalue weighted by molar-refractivity contribution is 0.176. The van der Waals surface area contributed by atoms with Crippen molar-refractivity contribution >= 4 is 29.9 Å². The van der Waals surface area contributed by atoms with E-state index in [0.717, 1.165) is 44.0 Å². The van der Waals surface area contributed by atoms with Crippen LogP contribution in [0, 0.1) is 11.7 Å². The fourth-order valence-electron chi connectivity index (χ4n) is 2.99. The summed E-state index contributed by atoms with van der Waals surface area (Å²) in [7, 11) is 1.80. The molecular weight excluding hydrogens is 430 g/mol. The van der Waals surface area contributed by atoms with Crippen LogP contribution in [0.4, 0.5) is 4.39 Å². The number of nitrogens with one attached hydrogen (secondary N) is 2. The average Bonchev–Trinajstić information content (AvgIpc) is 2.54. The Bertz CT molecular complexity index is 549. The minimum Gasteiger partial charge on any atom is -0.356 e. The monoisotopic (exact) mass is 462 g/mol. The molecule has 1 aromatic carbocycles. The molecule has 1 aliphatic heterocycles. The summed E-state index contributed by atoms with van der Waals surface area (Å²) < 4.78 is 13.7. The van der Waals surface area contributed by atoms with E-state index < -0.39 is 0 Å². The molecule has 0 aromatic heterocycles. The molecule has 0 saturated carbocycles. The molecule has 1 aliphatic rings. The Morgan fingerprint density at radius 1 is 1.24 bits per heavy atom. The number of likely N-dealkylation sites (tertiary alicyclic amines) is 1. The Morgan fingerprint density at radius 2 is 1.88 bits per heavy atom. The van der Waals surface area contributed by atoms with Crippen LogP contribution in [0.1, 0.15) is 39.2 Å². The normalized spacial score (nSPS) is 17.1. The third-order valence-electron chi connectivity index (χ3n) is 4.33. The van der Waals surface area contributed by atoms with Crippen LogP contribution >= 0.6 is 24.0 Å². The summed E-state index contributed by atoms with van der Waals surface area (Å²) >= 11 is 0. The maximum atomic E-state index is 13.7. The Hall–Kier alpha value is -0.890. The van der Waals surface area contributed by atoms with Gasteiger partial charge < -0.3 is 10.6 Å². The highest BCUT2D eigenvalue weighted by Gasteiger charge is 2.20. The maximum Gasteiger partial charge on any atom is 0.191 e. The van der Waals surface area contributed by atoms with Gasteiger partial charge in [-0.1, -0.05) is 18.2 Å². The number of aliphatic imine (C=N–C) groups is 1. The van der Waals surface area contributed by atoms with Gasteiger partial charge in [0.15, 0.2) is 5.96 Å². The number of benzene rings is 1. The van der Waals surface area contributed by atoms with Gasteiger partial charge >= 0.3 is 0 Å². The molecule has 1 saturated heterocycles. The topological polar surface area (TPSA) is 39.7 Å². The number of piperidine rings is 1. The van der Waals surface area contributed by atoms with E-state index in [9.17, 15) is 4.39 Å². The highest BCUT2D eigenvalue weighted by Crippen LogP contribution is 2.19. The van der Waals surface area contributed by atoms with Crippen molar-refractivity contribution in [1.82, 2.24) is 15.5 Å². The summed E-state index contributed by atoms with van der Waals surface area (Å²) in [6, 6.07) is 7.07. The van der Waals surface area contributed by atoms with Crippen molar-refractivity contribution in [2.24, 2.45) is 10.9 Å². The third kappa shape index (κ3) is 7.90. The zero-order chi connectivity index (χ0) is 17.6. The van der Waals surface area contributed by atoms with Gasteiger partial charge in [-0.15, -0.1) is 24.0 Å². The number of hydrogen-bond acceptors (Lipinski definition) is 2. The Balaban J connectivity index is 0.00000312. The van der Waals surface area contributed by atoms with Gasteiger partial charge in [0.1, 0.15) is 5.82 Å². The van der Waals surface area contributed by atoms with Crippen LogP contribution in [0.3, 0.4) is 0 Å². The number of halogens is 2. The van der Waals surface area contributed by atoms with E-state index in [0.29, 0.717) is 12.5 Å². The predicted octanol–water partition coefficient (Wildman–Crippen LogP) is 3.62. The molecule has 25 heavy (non-hydrogen) atoms. The SMILES string of the molecule is CN=C(NCC1CCN(Cc2ccccc2F)CC1)NC(C)(C)C.I. The van der Waals surface area contributed by atoms with Crippen LogP contribution in [0.2, 0.25) is 0 Å². The average molecular weight is 462 g/mol. The van der Waals surface area contributed by atoms with Crippen molar-refractivity contribution in [3.05, 3.63) is 35.6 Å². The molecule has 2 N–H and O–H groups in total. The Morgan fingerprint density at radius 3 is 2.44 bits per heavy atom. The van der Waals surface area contributed by atoms with E-state index in [1.165, 1.54) is 0 Å². The van der Waals surface area contributed by atoms with Gasteiger partial charge in [-0.3, -0.25) is 9.89 Å². The number of hydrogen-bond donors (Lipinski definition) is 2. The highest BCUT2D eigenvalue weighted by atomic mass is 127. The molecule has 0 unspecified atom stereocenters. The summed E-state index contributed by atoms with van der Waals surface area (Å²) in [5.41, 5.74) is 0.800. The van der Waals surface area contributed by atoms with Gasteiger partial charge in [-0.05, 0) is 58.7 Å². The lowest BCUT2D eigenvalue weighted by Gasteiger charge is -2.33. The number of rotatable bonds is 4. The second kappa shape index (κ2) is 10.3. The van der Waals surface area contributed by atoms with Crippen LogP contribution in [0.15, 0.2) is 29.3 Å². The van der Waals surface area contributed by atoms with Crippen molar-refractivity contribution in [2.75, 3.05) is 26.7 Å². The molecule has 0 amide bonds. The van der Waals surface area contributed by atoms with Gasteiger partial charge in [0.25, 0.3) is 0 Å². The van der Waals surface area contributed by atoms with Crippen LogP contribution in [-0.2, 0) is 6.54 Å². The van der Waals surface area contributed by atoms with Crippen molar-refractivity contribution in [3.63, 3.8) is 0 Å². The molecular formula is C19H32FIN4. The zero-order valence-electron chi connectivity index (χ0n) is 15.8. The molecule has 0 spiro atoms. The molecule has 0 radical (unpaired) electrons. The third-order valence-corrected chi connectivity index (χ3v) is 4.33. The quantitative estimate of drug-likeness (QED) is 0.408. The first-order valence-electron chi connectivity index (χ1n) is 8.82. The molecule has 1 heterocycles. The van der Waals surface area contributed by atoms with Crippen molar-refractivity contribution in [3.8, 4) is 0 Å². The van der Waals surface area contributed by atoms with Crippen molar-refractivity contribution in [1.29, 1.82) is 0 Å². The molecule has 2 rings (SSSR count). The van der Waals surface area contributed by atoms with Gasteiger partial charge in [0.2, 0.25) is 0 Å². The second-order valence-electron chi connectivity index (χ2n) is 7.64. The predicted molar refractivity (Wildman–Crippen MR) is 114 cm³/mol. The first-order valence-corrected chi connectivity index (χ1v) is 8.82. The highest BCUT2D eigenvalue weighted by molar-refractivity contribution is 14.0. The van der Waals surface area contributed by atoms with Crippen LogP contribution in [0.25, 0.3) is 0 Å². The number of nitrogens with zero attached hydrogens (tertiary/aromatic N) is 2. The van der Waals surface area contributed by atoms with Gasteiger partial charge in [0.05, 0.1) is 0 Å². The fourth-order valence-corrected chi connectivity index (χ4v) is 2.99. The Labute approximate surface area is 168 Å². The summed E-state index contributed by atoms with van der Waals surface area (Å²) in [5.74, 6) is 1.40. The molecule has 0 atom stereocenters. The zero-order valence-corrected chi connectivity index (χ0v) is 18.1. The largest absolute Gasteiger partial charge is 0.356 e. The smallest absolute Gasteiger partial charge is 0.191 e. The van der Waals surface area contributed by atoms with E-state index in [4.69, 9.17) is 0 Å². The van der Waals surface area contributed by atoms with Gasteiger partial charge in [-0.25, -0.2) is 4.39 Å². The standard InChI is InChI=1S/C19H31FN4.HI/c1-19(2,3)23-18(21-4)22-13-15-9-11-24(12-10-15)14-16-7-5-6-8-17(16)20;/h5-8,15H,9-14H2,1-4H3,(H2,21,22,23);1H. The molecule has 6 heteroatoms. The van der Waals surface area contributed by atoms with Crippen molar-refractivity contribution < 1.29 is 4.39 Å². The van der Waals surface area contributed by atoms with E-state index in [-0.39, 0.29) is 35.3 Å². The summed E-state index contributed by atoms with van der Waals surface area (Å²) in [6.07, 6.45) is 2.27. The summed E-state index contributed by atoms with van der Waals surface area (Å²) in [4.78, 5) is 6.63. The van der Waals surface area contributed by atoms with Gasteiger partial charge in [0, 0.05) is 31.2 Å². The maximum absolute atomic E-state index is 13.7. The minimum atomic E-state index is -0.0988. The molecule has 0 aliphatic carbocycles. The van der Waals surface area contributed by atoms with Gasteiger partial charge in [-0.2, -0.15) is 0 Å². The van der Waals surface area contributed by atoms with Crippen LogP contribution < -0.4 is 10.6 Å². The van der Waals surface area contributed by atoms with E-state index >= 15 is 0 Å². The fraction of sp³-hybridized carbons (Fsp3) is 0.632. The lowest BCUT2D eigenvalue weighted by atomic mass is 9.96. The van der Waals surface area contributed by atoms with Crippen LogP contribution in [0.5, 0.6) is 0 Å². The molecule has 142 valence electrons. The minimum absolute atomic E-state index is 0. The van der Waals surface area contributed by atoms with E-state index in [1.807, 2.05) is 12.1 Å². The molecule has 4 nitrogen and oxygen atoms in total. The number of guanidine groups is 1. The Kier molecular flexibility index (Phi) is 9.13. The molecule has 1 fully saturated rings. The molecule has 0 bridgehead atoms. The van der Waals surface area contributed by atoms with Crippen molar-refractivity contribution in [2.45, 2.75) is 45.7 Å². The first kappa shape index (κ1) is 22.2. The lowest BCUT2D eigenvalue weighted by Crippen LogP contribution is -2.49.